The van der Waals surface area contributed by atoms with Gasteiger partial charge in [0.2, 0.25) is 0 Å². The van der Waals surface area contributed by atoms with Crippen LogP contribution in [0.4, 0.5) is 10.5 Å². The van der Waals surface area contributed by atoms with Crippen LogP contribution in [0.1, 0.15) is 18.9 Å². The number of aliphatic hydroxyl groups excluding tert-OH is 1. The molecule has 3 N–H and O–H groups in total. The van der Waals surface area contributed by atoms with Crippen molar-refractivity contribution in [2.75, 3.05) is 11.9 Å². The Labute approximate surface area is 128 Å². The number of anilines is 1. The summed E-state index contributed by atoms with van der Waals surface area (Å²) in [5, 5.41) is 16.5. The number of urea groups is 1. The molecule has 2 aromatic rings. The molecule has 0 aliphatic rings. The van der Waals surface area contributed by atoms with Crippen molar-refractivity contribution < 1.29 is 9.90 Å². The van der Waals surface area contributed by atoms with Crippen LogP contribution in [0, 0.1) is 6.92 Å². The number of hydrogen-bond acceptors (Lipinski definition) is 3. The van der Waals surface area contributed by atoms with E-state index in [-0.39, 0.29) is 18.7 Å². The molecule has 0 radical (unpaired) electrons. The minimum Gasteiger partial charge on any atom is -0.396 e. The summed E-state index contributed by atoms with van der Waals surface area (Å²) >= 11 is 1.69. The van der Waals surface area contributed by atoms with Crippen molar-refractivity contribution in [2.24, 2.45) is 0 Å². The lowest BCUT2D eigenvalue weighted by atomic mass is 10.1. The van der Waals surface area contributed by atoms with Gasteiger partial charge in [-0.15, -0.1) is 11.3 Å². The molecule has 21 heavy (non-hydrogen) atoms. The predicted octanol–water partition coefficient (Wildman–Crippen LogP) is 3.62. The molecule has 4 nitrogen and oxygen atoms in total. The minimum absolute atomic E-state index is 0.0577. The number of rotatable bonds is 5. The molecule has 1 aromatic carbocycles. The monoisotopic (exact) mass is 304 g/mol. The average molecular weight is 304 g/mol. The number of amides is 2. The first kappa shape index (κ1) is 15.5. The molecule has 2 rings (SSSR count). The highest BCUT2D eigenvalue weighted by molar-refractivity contribution is 7.13. The van der Waals surface area contributed by atoms with E-state index in [1.807, 2.05) is 31.2 Å². The quantitative estimate of drug-likeness (QED) is 0.790. The lowest BCUT2D eigenvalue weighted by molar-refractivity contribution is 0.241. The maximum Gasteiger partial charge on any atom is 0.319 e. The van der Waals surface area contributed by atoms with E-state index in [1.54, 1.807) is 11.3 Å². The fourth-order valence-electron chi connectivity index (χ4n) is 2.06. The third kappa shape index (κ3) is 4.31. The van der Waals surface area contributed by atoms with Gasteiger partial charge in [0.25, 0.3) is 0 Å². The van der Waals surface area contributed by atoms with E-state index in [1.165, 1.54) is 10.4 Å². The molecule has 0 fully saturated rings. The SMILES string of the molecule is Cc1ccsc1-c1cccc(NC(=O)N[C@H](C)CCO)c1. The summed E-state index contributed by atoms with van der Waals surface area (Å²) in [6.45, 7) is 4.00. The van der Waals surface area contributed by atoms with Gasteiger partial charge in [0.15, 0.2) is 0 Å². The fraction of sp³-hybridized carbons (Fsp3) is 0.312. The summed E-state index contributed by atoms with van der Waals surface area (Å²) < 4.78 is 0. The maximum atomic E-state index is 11.9. The zero-order valence-electron chi connectivity index (χ0n) is 12.2. The van der Waals surface area contributed by atoms with E-state index in [9.17, 15) is 4.79 Å². The summed E-state index contributed by atoms with van der Waals surface area (Å²) in [4.78, 5) is 13.1. The van der Waals surface area contributed by atoms with E-state index < -0.39 is 0 Å². The normalized spacial score (nSPS) is 12.0. The first-order valence-corrected chi connectivity index (χ1v) is 7.81. The number of nitrogens with one attached hydrogen (secondary N) is 2. The van der Waals surface area contributed by atoms with Crippen molar-refractivity contribution in [3.63, 3.8) is 0 Å². The number of hydrogen-bond donors (Lipinski definition) is 3. The summed E-state index contributed by atoms with van der Waals surface area (Å²) in [6.07, 6.45) is 0.544. The van der Waals surface area contributed by atoms with E-state index in [0.29, 0.717) is 6.42 Å². The van der Waals surface area contributed by atoms with Crippen LogP contribution in [-0.4, -0.2) is 23.8 Å². The Balaban J connectivity index is 2.05. The average Bonchev–Trinajstić information content (AvgIpc) is 2.85. The second-order valence-electron chi connectivity index (χ2n) is 5.03. The first-order valence-electron chi connectivity index (χ1n) is 6.93. The number of thiophene rings is 1. The largest absolute Gasteiger partial charge is 0.396 e. The van der Waals surface area contributed by atoms with E-state index in [2.05, 4.69) is 29.0 Å². The molecule has 0 aliphatic carbocycles. The Morgan fingerprint density at radius 3 is 2.86 bits per heavy atom. The van der Waals surface area contributed by atoms with E-state index in [0.717, 1.165) is 11.3 Å². The summed E-state index contributed by atoms with van der Waals surface area (Å²) in [5.74, 6) is 0. The Hall–Kier alpha value is -1.85. The van der Waals surface area contributed by atoms with Crippen LogP contribution in [0.25, 0.3) is 10.4 Å². The zero-order valence-corrected chi connectivity index (χ0v) is 13.0. The summed E-state index contributed by atoms with van der Waals surface area (Å²) in [6, 6.07) is 9.58. The van der Waals surface area contributed by atoms with Gasteiger partial charge in [-0.1, -0.05) is 12.1 Å². The number of benzene rings is 1. The molecule has 1 atom stereocenters. The van der Waals surface area contributed by atoms with Gasteiger partial charge in [0.1, 0.15) is 0 Å². The molecule has 0 saturated carbocycles. The molecule has 2 amide bonds. The molecule has 0 aliphatic heterocycles. The maximum absolute atomic E-state index is 11.9. The van der Waals surface area contributed by atoms with Gasteiger partial charge in [-0.05, 0) is 55.0 Å². The number of aliphatic hydroxyl groups is 1. The van der Waals surface area contributed by atoms with Crippen LogP contribution in [0.15, 0.2) is 35.7 Å². The van der Waals surface area contributed by atoms with E-state index >= 15 is 0 Å². The Kier molecular flexibility index (Phi) is 5.36. The molecule has 1 aromatic heterocycles. The van der Waals surface area contributed by atoms with Crippen molar-refractivity contribution in [3.05, 3.63) is 41.3 Å². The number of carbonyl (C=O) groups is 1. The van der Waals surface area contributed by atoms with Gasteiger partial charge in [-0.25, -0.2) is 4.79 Å². The smallest absolute Gasteiger partial charge is 0.319 e. The minimum atomic E-state index is -0.254. The van der Waals surface area contributed by atoms with Gasteiger partial charge in [-0.3, -0.25) is 0 Å². The third-order valence-corrected chi connectivity index (χ3v) is 4.25. The van der Waals surface area contributed by atoms with Gasteiger partial charge >= 0.3 is 6.03 Å². The standard InChI is InChI=1S/C16H20N2O2S/c1-11-7-9-21-15(11)13-4-3-5-14(10-13)18-16(20)17-12(2)6-8-19/h3-5,7,9-10,12,19H,6,8H2,1-2H3,(H2,17,18,20)/t12-/m1/s1. The van der Waals surface area contributed by atoms with Crippen LogP contribution < -0.4 is 10.6 Å². The molecular weight excluding hydrogens is 284 g/mol. The fourth-order valence-corrected chi connectivity index (χ4v) is 2.99. The predicted molar refractivity (Wildman–Crippen MR) is 87.8 cm³/mol. The second kappa shape index (κ2) is 7.24. The van der Waals surface area contributed by atoms with E-state index in [4.69, 9.17) is 5.11 Å². The molecule has 112 valence electrons. The van der Waals surface area contributed by atoms with Crippen LogP contribution in [0.5, 0.6) is 0 Å². The topological polar surface area (TPSA) is 61.4 Å². The van der Waals surface area contributed by atoms with Crippen molar-refractivity contribution in [1.29, 1.82) is 0 Å². The lowest BCUT2D eigenvalue weighted by Gasteiger charge is -2.13. The highest BCUT2D eigenvalue weighted by Gasteiger charge is 2.08. The Morgan fingerprint density at radius 1 is 1.38 bits per heavy atom. The molecule has 5 heteroatoms. The van der Waals surface area contributed by atoms with Crippen molar-refractivity contribution >= 4 is 23.1 Å². The van der Waals surface area contributed by atoms with Crippen LogP contribution in [-0.2, 0) is 0 Å². The van der Waals surface area contributed by atoms with Gasteiger partial charge in [0.05, 0.1) is 0 Å². The molecule has 1 heterocycles. The second-order valence-corrected chi connectivity index (χ2v) is 5.94. The molecule has 0 unspecified atom stereocenters. The molecule has 0 spiro atoms. The zero-order chi connectivity index (χ0) is 15.2. The summed E-state index contributed by atoms with van der Waals surface area (Å²) in [7, 11) is 0. The molecular formula is C16H20N2O2S. The highest BCUT2D eigenvalue weighted by Crippen LogP contribution is 2.30. The number of aryl methyl sites for hydroxylation is 1. The van der Waals surface area contributed by atoms with Gasteiger partial charge < -0.3 is 15.7 Å². The molecule has 0 saturated heterocycles. The lowest BCUT2D eigenvalue weighted by Crippen LogP contribution is -2.36. The Morgan fingerprint density at radius 2 is 2.19 bits per heavy atom. The van der Waals surface area contributed by atoms with Crippen molar-refractivity contribution in [1.82, 2.24) is 5.32 Å². The van der Waals surface area contributed by atoms with Gasteiger partial charge in [-0.2, -0.15) is 0 Å². The highest BCUT2D eigenvalue weighted by atomic mass is 32.1. The van der Waals surface area contributed by atoms with Crippen molar-refractivity contribution in [3.8, 4) is 10.4 Å². The molecule has 0 bridgehead atoms. The Bertz CT molecular complexity index is 610. The van der Waals surface area contributed by atoms with Crippen LogP contribution in [0.2, 0.25) is 0 Å². The van der Waals surface area contributed by atoms with Crippen molar-refractivity contribution in [2.45, 2.75) is 26.3 Å². The van der Waals surface area contributed by atoms with Gasteiger partial charge in [0, 0.05) is 23.2 Å². The first-order chi connectivity index (χ1) is 10.1. The third-order valence-electron chi connectivity index (χ3n) is 3.18. The summed E-state index contributed by atoms with van der Waals surface area (Å²) in [5.41, 5.74) is 3.09. The number of carbonyl (C=O) groups excluding carboxylic acids is 1. The van der Waals surface area contributed by atoms with Crippen LogP contribution in [0.3, 0.4) is 0 Å². The van der Waals surface area contributed by atoms with Crippen LogP contribution >= 0.6 is 11.3 Å².